The lowest BCUT2D eigenvalue weighted by atomic mass is 10.2. The summed E-state index contributed by atoms with van der Waals surface area (Å²) in [6.45, 7) is 0. The van der Waals surface area contributed by atoms with Crippen molar-refractivity contribution in [3.05, 3.63) is 36.2 Å². The van der Waals surface area contributed by atoms with Gasteiger partial charge in [-0.2, -0.15) is 0 Å². The van der Waals surface area contributed by atoms with Gasteiger partial charge in [0, 0.05) is 18.4 Å². The number of rotatable bonds is 4. The van der Waals surface area contributed by atoms with Gasteiger partial charge in [0.05, 0.1) is 0 Å². The third-order valence-electron chi connectivity index (χ3n) is 2.07. The van der Waals surface area contributed by atoms with E-state index in [9.17, 15) is 4.79 Å². The number of nitrogens with two attached hydrogens (primary N) is 1. The second-order valence-electron chi connectivity index (χ2n) is 3.33. The fraction of sp³-hybridized carbons (Fsp3) is 0.182. The van der Waals surface area contributed by atoms with Gasteiger partial charge in [-0.3, -0.25) is 4.79 Å². The highest BCUT2D eigenvalue weighted by Gasteiger charge is 2.08. The number of carbonyl (C=O) groups excluding carboxylic acids is 1. The SMILES string of the molecule is NC(=O)CCc1nnc(-c2ccccc2)o1. The molecule has 2 N–H and O–H groups in total. The molecular weight excluding hydrogens is 206 g/mol. The van der Waals surface area contributed by atoms with Crippen LogP contribution in [0.15, 0.2) is 34.7 Å². The Morgan fingerprint density at radius 1 is 1.25 bits per heavy atom. The zero-order valence-electron chi connectivity index (χ0n) is 8.59. The molecule has 0 saturated carbocycles. The average Bonchev–Trinajstić information content (AvgIpc) is 2.76. The van der Waals surface area contributed by atoms with Crippen molar-refractivity contribution in [1.82, 2.24) is 10.2 Å². The number of primary amides is 1. The van der Waals surface area contributed by atoms with Crippen molar-refractivity contribution in [1.29, 1.82) is 0 Å². The summed E-state index contributed by atoms with van der Waals surface area (Å²) in [5.74, 6) is 0.511. The topological polar surface area (TPSA) is 82.0 Å². The normalized spacial score (nSPS) is 10.2. The molecule has 0 aliphatic rings. The molecule has 0 aliphatic heterocycles. The predicted molar refractivity (Wildman–Crippen MR) is 57.2 cm³/mol. The molecule has 82 valence electrons. The van der Waals surface area contributed by atoms with Crippen LogP contribution in [0.3, 0.4) is 0 Å². The van der Waals surface area contributed by atoms with Crippen LogP contribution in [-0.4, -0.2) is 16.1 Å². The molecule has 16 heavy (non-hydrogen) atoms. The first-order chi connectivity index (χ1) is 7.75. The van der Waals surface area contributed by atoms with Gasteiger partial charge in [0.25, 0.3) is 0 Å². The fourth-order valence-electron chi connectivity index (χ4n) is 1.28. The predicted octanol–water partition coefficient (Wildman–Crippen LogP) is 1.15. The van der Waals surface area contributed by atoms with Crippen LogP contribution in [-0.2, 0) is 11.2 Å². The van der Waals surface area contributed by atoms with Gasteiger partial charge < -0.3 is 10.2 Å². The van der Waals surface area contributed by atoms with Gasteiger partial charge in [-0.15, -0.1) is 10.2 Å². The molecular formula is C11H11N3O2. The maximum Gasteiger partial charge on any atom is 0.247 e. The number of aromatic nitrogens is 2. The summed E-state index contributed by atoms with van der Waals surface area (Å²) in [6, 6.07) is 9.45. The Bertz CT molecular complexity index is 479. The number of amides is 1. The Labute approximate surface area is 92.3 Å². The van der Waals surface area contributed by atoms with E-state index < -0.39 is 0 Å². The number of benzene rings is 1. The Morgan fingerprint density at radius 3 is 2.69 bits per heavy atom. The van der Waals surface area contributed by atoms with Gasteiger partial charge in [-0.05, 0) is 12.1 Å². The standard InChI is InChI=1S/C11H11N3O2/c12-9(15)6-7-10-13-14-11(16-10)8-4-2-1-3-5-8/h1-5H,6-7H2,(H2,12,15). The molecule has 1 amide bonds. The summed E-state index contributed by atoms with van der Waals surface area (Å²) >= 11 is 0. The highest BCUT2D eigenvalue weighted by molar-refractivity contribution is 5.73. The van der Waals surface area contributed by atoms with E-state index in [1.807, 2.05) is 30.3 Å². The number of carbonyl (C=O) groups is 1. The molecule has 5 nitrogen and oxygen atoms in total. The van der Waals surface area contributed by atoms with Crippen LogP contribution in [0, 0.1) is 0 Å². The highest BCUT2D eigenvalue weighted by atomic mass is 16.4. The summed E-state index contributed by atoms with van der Waals surface area (Å²) in [4.78, 5) is 10.6. The van der Waals surface area contributed by atoms with Crippen LogP contribution in [0.25, 0.3) is 11.5 Å². The van der Waals surface area contributed by atoms with E-state index in [0.717, 1.165) is 5.56 Å². The molecule has 0 saturated heterocycles. The lowest BCUT2D eigenvalue weighted by Crippen LogP contribution is -2.11. The van der Waals surface area contributed by atoms with E-state index in [-0.39, 0.29) is 12.3 Å². The second-order valence-corrected chi connectivity index (χ2v) is 3.33. The smallest absolute Gasteiger partial charge is 0.247 e. The van der Waals surface area contributed by atoms with E-state index in [1.54, 1.807) is 0 Å². The van der Waals surface area contributed by atoms with Gasteiger partial charge in [0.15, 0.2) is 0 Å². The molecule has 2 rings (SSSR count). The molecule has 1 aromatic heterocycles. The van der Waals surface area contributed by atoms with Crippen LogP contribution >= 0.6 is 0 Å². The lowest BCUT2D eigenvalue weighted by Gasteiger charge is -1.92. The molecule has 1 heterocycles. The van der Waals surface area contributed by atoms with Crippen LogP contribution in [0.4, 0.5) is 0 Å². The van der Waals surface area contributed by atoms with Gasteiger partial charge in [-0.25, -0.2) is 0 Å². The number of nitrogens with zero attached hydrogens (tertiary/aromatic N) is 2. The van der Waals surface area contributed by atoms with Crippen LogP contribution in [0.1, 0.15) is 12.3 Å². The van der Waals surface area contributed by atoms with Crippen LogP contribution < -0.4 is 5.73 Å². The highest BCUT2D eigenvalue weighted by Crippen LogP contribution is 2.17. The summed E-state index contributed by atoms with van der Waals surface area (Å²) in [5, 5.41) is 7.74. The third kappa shape index (κ3) is 2.44. The Kier molecular flexibility index (Phi) is 2.95. The molecule has 1 aromatic carbocycles. The van der Waals surface area contributed by atoms with Crippen LogP contribution in [0.5, 0.6) is 0 Å². The molecule has 0 fully saturated rings. The Balaban J connectivity index is 2.11. The molecule has 0 spiro atoms. The van der Waals surface area contributed by atoms with E-state index in [2.05, 4.69) is 10.2 Å². The van der Waals surface area contributed by atoms with Crippen molar-refractivity contribution in [3.63, 3.8) is 0 Å². The van der Waals surface area contributed by atoms with Crippen molar-refractivity contribution >= 4 is 5.91 Å². The molecule has 0 atom stereocenters. The fourth-order valence-corrected chi connectivity index (χ4v) is 1.28. The van der Waals surface area contributed by atoms with Crippen LogP contribution in [0.2, 0.25) is 0 Å². The van der Waals surface area contributed by atoms with E-state index >= 15 is 0 Å². The molecule has 2 aromatic rings. The first kappa shape index (κ1) is 10.4. The zero-order chi connectivity index (χ0) is 11.4. The third-order valence-corrected chi connectivity index (χ3v) is 2.07. The minimum absolute atomic E-state index is 0.219. The largest absolute Gasteiger partial charge is 0.421 e. The quantitative estimate of drug-likeness (QED) is 0.832. The maximum atomic E-state index is 10.6. The number of hydrogen-bond donors (Lipinski definition) is 1. The Hall–Kier alpha value is -2.17. The molecule has 0 unspecified atom stereocenters. The zero-order valence-corrected chi connectivity index (χ0v) is 8.59. The summed E-state index contributed by atoms with van der Waals surface area (Å²) in [7, 11) is 0. The first-order valence-electron chi connectivity index (χ1n) is 4.92. The van der Waals surface area contributed by atoms with Gasteiger partial charge in [-0.1, -0.05) is 18.2 Å². The van der Waals surface area contributed by atoms with Gasteiger partial charge in [0.1, 0.15) is 0 Å². The Morgan fingerprint density at radius 2 is 2.00 bits per heavy atom. The minimum Gasteiger partial charge on any atom is -0.421 e. The lowest BCUT2D eigenvalue weighted by molar-refractivity contribution is -0.118. The maximum absolute atomic E-state index is 10.6. The van der Waals surface area contributed by atoms with Gasteiger partial charge >= 0.3 is 0 Å². The van der Waals surface area contributed by atoms with E-state index in [0.29, 0.717) is 18.2 Å². The van der Waals surface area contributed by atoms with E-state index in [1.165, 1.54) is 0 Å². The molecule has 0 aliphatic carbocycles. The van der Waals surface area contributed by atoms with E-state index in [4.69, 9.17) is 10.2 Å². The first-order valence-corrected chi connectivity index (χ1v) is 4.92. The van der Waals surface area contributed by atoms with Crippen molar-refractivity contribution < 1.29 is 9.21 Å². The molecule has 5 heteroatoms. The summed E-state index contributed by atoms with van der Waals surface area (Å²) < 4.78 is 5.39. The summed E-state index contributed by atoms with van der Waals surface area (Å²) in [5.41, 5.74) is 5.89. The van der Waals surface area contributed by atoms with Crippen molar-refractivity contribution in [2.75, 3.05) is 0 Å². The second kappa shape index (κ2) is 4.57. The van der Waals surface area contributed by atoms with Crippen molar-refractivity contribution in [3.8, 4) is 11.5 Å². The molecule has 0 radical (unpaired) electrons. The average molecular weight is 217 g/mol. The van der Waals surface area contributed by atoms with Gasteiger partial charge in [0.2, 0.25) is 17.7 Å². The van der Waals surface area contributed by atoms with Crippen molar-refractivity contribution in [2.45, 2.75) is 12.8 Å². The van der Waals surface area contributed by atoms with Crippen molar-refractivity contribution in [2.24, 2.45) is 5.73 Å². The molecule has 0 bridgehead atoms. The number of hydrogen-bond acceptors (Lipinski definition) is 4. The number of aryl methyl sites for hydroxylation is 1. The minimum atomic E-state index is -0.375. The summed E-state index contributed by atoms with van der Waals surface area (Å²) in [6.07, 6.45) is 0.603. The monoisotopic (exact) mass is 217 g/mol.